The molecule has 0 aromatic heterocycles. The van der Waals surface area contributed by atoms with Gasteiger partial charge in [0, 0.05) is 5.92 Å². The molecule has 1 atom stereocenters. The van der Waals surface area contributed by atoms with Gasteiger partial charge in [0.2, 0.25) is 0 Å². The van der Waals surface area contributed by atoms with Crippen molar-refractivity contribution < 1.29 is 9.31 Å². The maximum absolute atomic E-state index is 6.29. The van der Waals surface area contributed by atoms with Crippen molar-refractivity contribution >= 4 is 18.7 Å². The highest BCUT2D eigenvalue weighted by molar-refractivity contribution is 6.62. The number of allylic oxidation sites excluding steroid dienone is 1. The number of fused-ring (bicyclic) bond motifs is 1. The third kappa shape index (κ3) is 2.35. The minimum absolute atomic E-state index is 0.261. The fourth-order valence-corrected chi connectivity index (χ4v) is 3.50. The normalized spacial score (nSPS) is 23.5. The SMILES string of the molecule is CC1(C)OB(c2ccccc2C2C=Cc3ccccc32)OC1(C)C. The summed E-state index contributed by atoms with van der Waals surface area (Å²) in [5.41, 5.74) is 4.38. The lowest BCUT2D eigenvalue weighted by Crippen LogP contribution is -2.41. The molecule has 1 saturated heterocycles. The maximum atomic E-state index is 6.29. The second kappa shape index (κ2) is 5.33. The van der Waals surface area contributed by atoms with E-state index in [-0.39, 0.29) is 24.2 Å². The van der Waals surface area contributed by atoms with Gasteiger partial charge >= 0.3 is 7.12 Å². The molecule has 3 heteroatoms. The Bertz CT molecular complexity index is 791. The summed E-state index contributed by atoms with van der Waals surface area (Å²) in [5, 5.41) is 0. The van der Waals surface area contributed by atoms with Crippen LogP contribution in [-0.2, 0) is 9.31 Å². The van der Waals surface area contributed by atoms with Crippen LogP contribution in [0.1, 0.15) is 50.3 Å². The molecule has 2 aliphatic rings. The van der Waals surface area contributed by atoms with E-state index >= 15 is 0 Å². The van der Waals surface area contributed by atoms with Gasteiger partial charge in [-0.15, -0.1) is 0 Å². The number of benzene rings is 2. The van der Waals surface area contributed by atoms with Gasteiger partial charge in [-0.25, -0.2) is 0 Å². The molecule has 2 nitrogen and oxygen atoms in total. The summed E-state index contributed by atoms with van der Waals surface area (Å²) in [6, 6.07) is 17.1. The first-order chi connectivity index (χ1) is 11.4. The van der Waals surface area contributed by atoms with Crippen LogP contribution in [-0.4, -0.2) is 18.3 Å². The Kier molecular flexibility index (Phi) is 3.49. The second-order valence-corrected chi connectivity index (χ2v) is 7.68. The highest BCUT2D eigenvalue weighted by Crippen LogP contribution is 2.39. The summed E-state index contributed by atoms with van der Waals surface area (Å²) in [6.45, 7) is 8.39. The van der Waals surface area contributed by atoms with Crippen LogP contribution in [0.3, 0.4) is 0 Å². The first-order valence-electron chi connectivity index (χ1n) is 8.61. The molecule has 1 heterocycles. The molecular weight excluding hydrogens is 295 g/mol. The molecule has 0 amide bonds. The lowest BCUT2D eigenvalue weighted by atomic mass is 9.72. The van der Waals surface area contributed by atoms with Gasteiger partial charge < -0.3 is 9.31 Å². The molecule has 0 radical (unpaired) electrons. The maximum Gasteiger partial charge on any atom is 0.495 e. The summed E-state index contributed by atoms with van der Waals surface area (Å²) in [4.78, 5) is 0. The van der Waals surface area contributed by atoms with E-state index in [4.69, 9.17) is 9.31 Å². The van der Waals surface area contributed by atoms with Crippen molar-refractivity contribution in [2.24, 2.45) is 0 Å². The standard InChI is InChI=1S/C21H23BO2/c1-20(2)21(3,4)24-22(23-20)19-12-8-7-11-18(19)17-14-13-15-9-5-6-10-16(15)17/h5-14,17H,1-4H3. The third-order valence-electron chi connectivity index (χ3n) is 5.64. The van der Waals surface area contributed by atoms with E-state index in [1.807, 2.05) is 0 Å². The van der Waals surface area contributed by atoms with Gasteiger partial charge in [-0.1, -0.05) is 60.7 Å². The molecular formula is C21H23BO2. The summed E-state index contributed by atoms with van der Waals surface area (Å²) in [6.07, 6.45) is 4.48. The number of rotatable bonds is 2. The van der Waals surface area contributed by atoms with E-state index in [1.54, 1.807) is 0 Å². The van der Waals surface area contributed by atoms with E-state index in [9.17, 15) is 0 Å². The van der Waals surface area contributed by atoms with Crippen molar-refractivity contribution in [3.05, 3.63) is 71.3 Å². The van der Waals surface area contributed by atoms with E-state index in [0.29, 0.717) is 0 Å². The number of hydrogen-bond acceptors (Lipinski definition) is 2. The van der Waals surface area contributed by atoms with Crippen molar-refractivity contribution in [1.29, 1.82) is 0 Å². The Morgan fingerprint density at radius 3 is 2.08 bits per heavy atom. The average molecular weight is 318 g/mol. The van der Waals surface area contributed by atoms with Crippen molar-refractivity contribution in [2.45, 2.75) is 44.8 Å². The molecule has 2 aromatic carbocycles. The van der Waals surface area contributed by atoms with Crippen LogP contribution in [0.25, 0.3) is 6.08 Å². The minimum Gasteiger partial charge on any atom is -0.399 e. The Morgan fingerprint density at radius 2 is 1.38 bits per heavy atom. The van der Waals surface area contributed by atoms with E-state index in [0.717, 1.165) is 5.46 Å². The molecule has 0 saturated carbocycles. The lowest BCUT2D eigenvalue weighted by molar-refractivity contribution is 0.00578. The van der Waals surface area contributed by atoms with E-state index in [2.05, 4.69) is 88.4 Å². The van der Waals surface area contributed by atoms with Crippen molar-refractivity contribution in [3.63, 3.8) is 0 Å². The van der Waals surface area contributed by atoms with Crippen molar-refractivity contribution in [3.8, 4) is 0 Å². The van der Waals surface area contributed by atoms with E-state index in [1.165, 1.54) is 16.7 Å². The molecule has 0 N–H and O–H groups in total. The fourth-order valence-electron chi connectivity index (χ4n) is 3.50. The monoisotopic (exact) mass is 318 g/mol. The molecule has 1 unspecified atom stereocenters. The van der Waals surface area contributed by atoms with Crippen LogP contribution in [0.4, 0.5) is 0 Å². The first-order valence-corrected chi connectivity index (χ1v) is 8.61. The van der Waals surface area contributed by atoms with Crippen LogP contribution in [0.2, 0.25) is 0 Å². The fraction of sp³-hybridized carbons (Fsp3) is 0.333. The predicted molar refractivity (Wildman–Crippen MR) is 99.5 cm³/mol. The summed E-state index contributed by atoms with van der Waals surface area (Å²) >= 11 is 0. The summed E-state index contributed by atoms with van der Waals surface area (Å²) in [5.74, 6) is 0.261. The van der Waals surface area contributed by atoms with E-state index < -0.39 is 0 Å². The molecule has 0 bridgehead atoms. The van der Waals surface area contributed by atoms with Gasteiger partial charge in [0.05, 0.1) is 11.2 Å². The summed E-state index contributed by atoms with van der Waals surface area (Å²) < 4.78 is 12.6. The van der Waals surface area contributed by atoms with Crippen LogP contribution in [0, 0.1) is 0 Å². The molecule has 0 spiro atoms. The predicted octanol–water partition coefficient (Wildman–Crippen LogP) is 4.14. The minimum atomic E-state index is -0.327. The Balaban J connectivity index is 1.75. The zero-order valence-electron chi connectivity index (χ0n) is 14.7. The average Bonchev–Trinajstić information content (AvgIpc) is 3.06. The molecule has 2 aromatic rings. The van der Waals surface area contributed by atoms with Crippen LogP contribution in [0.5, 0.6) is 0 Å². The van der Waals surface area contributed by atoms with Gasteiger partial charge in [-0.3, -0.25) is 0 Å². The van der Waals surface area contributed by atoms with Crippen molar-refractivity contribution in [1.82, 2.24) is 0 Å². The van der Waals surface area contributed by atoms with Crippen LogP contribution in [0.15, 0.2) is 54.6 Å². The largest absolute Gasteiger partial charge is 0.495 e. The quantitative estimate of drug-likeness (QED) is 0.775. The van der Waals surface area contributed by atoms with Gasteiger partial charge in [0.15, 0.2) is 0 Å². The molecule has 24 heavy (non-hydrogen) atoms. The topological polar surface area (TPSA) is 18.5 Å². The van der Waals surface area contributed by atoms with Crippen LogP contribution >= 0.6 is 0 Å². The Labute approximate surface area is 144 Å². The molecule has 1 aliphatic heterocycles. The summed E-state index contributed by atoms with van der Waals surface area (Å²) in [7, 11) is -0.327. The van der Waals surface area contributed by atoms with Crippen LogP contribution < -0.4 is 5.46 Å². The van der Waals surface area contributed by atoms with Gasteiger partial charge in [-0.2, -0.15) is 0 Å². The molecule has 122 valence electrons. The van der Waals surface area contributed by atoms with Gasteiger partial charge in [0.1, 0.15) is 0 Å². The molecule has 1 fully saturated rings. The third-order valence-corrected chi connectivity index (χ3v) is 5.64. The Hall–Kier alpha value is -1.84. The zero-order chi connectivity index (χ0) is 16.9. The number of hydrogen-bond donors (Lipinski definition) is 0. The lowest BCUT2D eigenvalue weighted by Gasteiger charge is -2.32. The highest BCUT2D eigenvalue weighted by atomic mass is 16.7. The molecule has 4 rings (SSSR count). The zero-order valence-corrected chi connectivity index (χ0v) is 14.7. The van der Waals surface area contributed by atoms with Crippen molar-refractivity contribution in [2.75, 3.05) is 0 Å². The molecule has 1 aliphatic carbocycles. The first kappa shape index (κ1) is 15.7. The van der Waals surface area contributed by atoms with Gasteiger partial charge in [0.25, 0.3) is 0 Å². The highest BCUT2D eigenvalue weighted by Gasteiger charge is 2.52. The Morgan fingerprint density at radius 1 is 0.792 bits per heavy atom. The second-order valence-electron chi connectivity index (χ2n) is 7.68. The smallest absolute Gasteiger partial charge is 0.399 e. The van der Waals surface area contributed by atoms with Gasteiger partial charge in [-0.05, 0) is 49.8 Å².